The first kappa shape index (κ1) is 15.8. The summed E-state index contributed by atoms with van der Waals surface area (Å²) >= 11 is 0. The van der Waals surface area contributed by atoms with Crippen molar-refractivity contribution in [2.45, 2.75) is 39.7 Å². The van der Waals surface area contributed by atoms with Crippen LogP contribution >= 0.6 is 0 Å². The second-order valence-corrected chi connectivity index (χ2v) is 4.91. The highest BCUT2D eigenvalue weighted by Gasteiger charge is 2.21. The standard InChI is InChI=1S/C16H27NO2/c1-6-8-12(3)16(17-7-2)14-11-13(18-4)9-10-15(14)19-5/h9-12,16-17H,6-8H2,1-5H3. The van der Waals surface area contributed by atoms with E-state index in [1.54, 1.807) is 14.2 Å². The van der Waals surface area contributed by atoms with Crippen LogP contribution in [0.25, 0.3) is 0 Å². The molecule has 0 aliphatic rings. The summed E-state index contributed by atoms with van der Waals surface area (Å²) in [6, 6.07) is 6.31. The molecule has 1 aromatic carbocycles. The van der Waals surface area contributed by atoms with Gasteiger partial charge in [-0.1, -0.05) is 27.2 Å². The molecule has 19 heavy (non-hydrogen) atoms. The Labute approximate surface area is 117 Å². The largest absolute Gasteiger partial charge is 0.497 e. The molecule has 1 rings (SSSR count). The van der Waals surface area contributed by atoms with Crippen LogP contribution in [-0.2, 0) is 0 Å². The van der Waals surface area contributed by atoms with Gasteiger partial charge < -0.3 is 14.8 Å². The van der Waals surface area contributed by atoms with E-state index in [-0.39, 0.29) is 0 Å². The molecule has 0 heterocycles. The van der Waals surface area contributed by atoms with E-state index in [2.05, 4.69) is 32.2 Å². The topological polar surface area (TPSA) is 30.5 Å². The first-order valence-corrected chi connectivity index (χ1v) is 7.13. The van der Waals surface area contributed by atoms with Crippen molar-refractivity contribution in [1.29, 1.82) is 0 Å². The fourth-order valence-corrected chi connectivity index (χ4v) is 2.54. The van der Waals surface area contributed by atoms with Crippen molar-refractivity contribution in [3.63, 3.8) is 0 Å². The molecular weight excluding hydrogens is 238 g/mol. The maximum absolute atomic E-state index is 5.50. The van der Waals surface area contributed by atoms with Crippen molar-refractivity contribution in [3.05, 3.63) is 23.8 Å². The molecule has 0 saturated heterocycles. The molecule has 0 saturated carbocycles. The summed E-state index contributed by atoms with van der Waals surface area (Å²) in [6.07, 6.45) is 2.38. The van der Waals surface area contributed by atoms with Gasteiger partial charge in [0.25, 0.3) is 0 Å². The predicted molar refractivity (Wildman–Crippen MR) is 80.0 cm³/mol. The van der Waals surface area contributed by atoms with E-state index in [4.69, 9.17) is 9.47 Å². The van der Waals surface area contributed by atoms with Crippen molar-refractivity contribution in [3.8, 4) is 11.5 Å². The van der Waals surface area contributed by atoms with Crippen LogP contribution < -0.4 is 14.8 Å². The van der Waals surface area contributed by atoms with Crippen molar-refractivity contribution in [2.24, 2.45) is 5.92 Å². The Kier molecular flexibility index (Phi) is 6.71. The van der Waals surface area contributed by atoms with E-state index < -0.39 is 0 Å². The van der Waals surface area contributed by atoms with Crippen LogP contribution in [0.2, 0.25) is 0 Å². The smallest absolute Gasteiger partial charge is 0.123 e. The molecule has 1 N–H and O–H groups in total. The van der Waals surface area contributed by atoms with Crippen LogP contribution in [0, 0.1) is 5.92 Å². The van der Waals surface area contributed by atoms with Gasteiger partial charge in [-0.25, -0.2) is 0 Å². The summed E-state index contributed by atoms with van der Waals surface area (Å²) in [4.78, 5) is 0. The summed E-state index contributed by atoms with van der Waals surface area (Å²) in [5.74, 6) is 2.36. The van der Waals surface area contributed by atoms with E-state index in [1.165, 1.54) is 18.4 Å². The molecule has 0 fully saturated rings. The molecule has 0 aromatic heterocycles. The Morgan fingerprint density at radius 1 is 1.16 bits per heavy atom. The van der Waals surface area contributed by atoms with E-state index in [9.17, 15) is 0 Å². The summed E-state index contributed by atoms with van der Waals surface area (Å²) < 4.78 is 10.8. The number of ether oxygens (including phenoxy) is 2. The molecule has 3 nitrogen and oxygen atoms in total. The van der Waals surface area contributed by atoms with Crippen molar-refractivity contribution >= 4 is 0 Å². The molecule has 0 radical (unpaired) electrons. The lowest BCUT2D eigenvalue weighted by molar-refractivity contribution is 0.343. The van der Waals surface area contributed by atoms with Gasteiger partial charge in [-0.2, -0.15) is 0 Å². The average Bonchev–Trinajstić information content (AvgIpc) is 2.44. The Morgan fingerprint density at radius 3 is 2.42 bits per heavy atom. The minimum atomic E-state index is 0.301. The van der Waals surface area contributed by atoms with Crippen molar-refractivity contribution in [2.75, 3.05) is 20.8 Å². The molecule has 0 aliphatic carbocycles. The highest BCUT2D eigenvalue weighted by atomic mass is 16.5. The summed E-state index contributed by atoms with van der Waals surface area (Å²) in [6.45, 7) is 7.59. The van der Waals surface area contributed by atoms with Crippen LogP contribution in [0.15, 0.2) is 18.2 Å². The molecule has 0 bridgehead atoms. The SMILES string of the molecule is CCCC(C)C(NCC)c1cc(OC)ccc1OC. The van der Waals surface area contributed by atoms with Gasteiger partial charge in [-0.3, -0.25) is 0 Å². The predicted octanol–water partition coefficient (Wildman–Crippen LogP) is 3.79. The number of hydrogen-bond acceptors (Lipinski definition) is 3. The fraction of sp³-hybridized carbons (Fsp3) is 0.625. The van der Waals surface area contributed by atoms with Crippen LogP contribution in [0.3, 0.4) is 0 Å². The normalized spacial score (nSPS) is 13.9. The highest BCUT2D eigenvalue weighted by molar-refractivity contribution is 5.42. The molecular formula is C16H27NO2. The van der Waals surface area contributed by atoms with Crippen molar-refractivity contribution < 1.29 is 9.47 Å². The minimum Gasteiger partial charge on any atom is -0.497 e. The summed E-state index contributed by atoms with van der Waals surface area (Å²) in [5.41, 5.74) is 1.18. The minimum absolute atomic E-state index is 0.301. The molecule has 1 aromatic rings. The first-order valence-electron chi connectivity index (χ1n) is 7.13. The number of nitrogens with one attached hydrogen (secondary N) is 1. The summed E-state index contributed by atoms with van der Waals surface area (Å²) in [5, 5.41) is 3.57. The van der Waals surface area contributed by atoms with Crippen LogP contribution in [0.1, 0.15) is 45.2 Å². The van der Waals surface area contributed by atoms with E-state index >= 15 is 0 Å². The van der Waals surface area contributed by atoms with Gasteiger partial charge in [0, 0.05) is 11.6 Å². The second kappa shape index (κ2) is 8.05. The van der Waals surface area contributed by atoms with Gasteiger partial charge >= 0.3 is 0 Å². The van der Waals surface area contributed by atoms with Gasteiger partial charge in [-0.15, -0.1) is 0 Å². The lowest BCUT2D eigenvalue weighted by Gasteiger charge is -2.27. The highest BCUT2D eigenvalue weighted by Crippen LogP contribution is 2.34. The zero-order chi connectivity index (χ0) is 14.3. The van der Waals surface area contributed by atoms with E-state index in [1.807, 2.05) is 12.1 Å². The maximum atomic E-state index is 5.50. The third kappa shape index (κ3) is 4.13. The monoisotopic (exact) mass is 265 g/mol. The van der Waals surface area contributed by atoms with Crippen LogP contribution in [0.5, 0.6) is 11.5 Å². The Morgan fingerprint density at radius 2 is 1.89 bits per heavy atom. The third-order valence-electron chi connectivity index (χ3n) is 3.51. The quantitative estimate of drug-likeness (QED) is 0.775. The first-order chi connectivity index (χ1) is 9.17. The lowest BCUT2D eigenvalue weighted by Crippen LogP contribution is -2.27. The van der Waals surface area contributed by atoms with Gasteiger partial charge in [0.2, 0.25) is 0 Å². The fourth-order valence-electron chi connectivity index (χ4n) is 2.54. The molecule has 0 spiro atoms. The van der Waals surface area contributed by atoms with Gasteiger partial charge in [0.1, 0.15) is 11.5 Å². The van der Waals surface area contributed by atoms with Gasteiger partial charge in [0.05, 0.1) is 14.2 Å². The Hall–Kier alpha value is -1.22. The summed E-state index contributed by atoms with van der Waals surface area (Å²) in [7, 11) is 3.42. The third-order valence-corrected chi connectivity index (χ3v) is 3.51. The lowest BCUT2D eigenvalue weighted by atomic mass is 9.90. The number of rotatable bonds is 8. The number of methoxy groups -OCH3 is 2. The molecule has 0 aliphatic heterocycles. The number of hydrogen-bond donors (Lipinski definition) is 1. The molecule has 2 unspecified atom stereocenters. The Bertz CT molecular complexity index is 379. The van der Waals surface area contributed by atoms with Gasteiger partial charge in [0.15, 0.2) is 0 Å². The van der Waals surface area contributed by atoms with E-state index in [0.717, 1.165) is 18.0 Å². The number of benzene rings is 1. The second-order valence-electron chi connectivity index (χ2n) is 4.91. The molecule has 3 heteroatoms. The Balaban J connectivity index is 3.11. The van der Waals surface area contributed by atoms with Crippen molar-refractivity contribution in [1.82, 2.24) is 5.32 Å². The molecule has 0 amide bonds. The zero-order valence-corrected chi connectivity index (χ0v) is 12.8. The van der Waals surface area contributed by atoms with Gasteiger partial charge in [-0.05, 0) is 37.1 Å². The van der Waals surface area contributed by atoms with Crippen LogP contribution in [-0.4, -0.2) is 20.8 Å². The van der Waals surface area contributed by atoms with E-state index in [0.29, 0.717) is 12.0 Å². The molecule has 2 atom stereocenters. The zero-order valence-electron chi connectivity index (χ0n) is 12.8. The average molecular weight is 265 g/mol. The maximum Gasteiger partial charge on any atom is 0.123 e. The van der Waals surface area contributed by atoms with Crippen LogP contribution in [0.4, 0.5) is 0 Å². The molecule has 108 valence electrons.